The topological polar surface area (TPSA) is 68.3 Å². The first-order valence-corrected chi connectivity index (χ1v) is 12.1. The fraction of sp³-hybridized carbons (Fsp3) is 0.393. The summed E-state index contributed by atoms with van der Waals surface area (Å²) in [5, 5.41) is 0. The Balaban J connectivity index is 1.43. The molecule has 0 bridgehead atoms. The molecule has 1 aliphatic rings. The van der Waals surface area contributed by atoms with Gasteiger partial charge in [-0.05, 0) is 57.0 Å². The lowest BCUT2D eigenvalue weighted by atomic mass is 9.80. The van der Waals surface area contributed by atoms with Crippen LogP contribution < -0.4 is 19.7 Å². The first-order chi connectivity index (χ1) is 17.3. The van der Waals surface area contributed by atoms with Crippen LogP contribution in [-0.4, -0.2) is 43.6 Å². The maximum absolute atomic E-state index is 6.19. The van der Waals surface area contributed by atoms with Crippen molar-refractivity contribution in [2.24, 2.45) is 0 Å². The van der Waals surface area contributed by atoms with Gasteiger partial charge in [-0.2, -0.15) is 0 Å². The molecule has 0 spiro atoms. The van der Waals surface area contributed by atoms with Gasteiger partial charge in [-0.15, -0.1) is 0 Å². The Morgan fingerprint density at radius 2 is 1.47 bits per heavy atom. The molecule has 4 rings (SSSR count). The van der Waals surface area contributed by atoms with E-state index in [1.807, 2.05) is 88.4 Å². The average Bonchev–Trinajstić information content (AvgIpc) is 3.10. The van der Waals surface area contributed by atoms with Crippen LogP contribution in [0.3, 0.4) is 0 Å². The van der Waals surface area contributed by atoms with Gasteiger partial charge >= 0.3 is 7.12 Å². The van der Waals surface area contributed by atoms with E-state index in [4.69, 9.17) is 28.3 Å². The number of nitrogens with zero attached hydrogens (tertiary/aromatic N) is 1. The summed E-state index contributed by atoms with van der Waals surface area (Å²) in [6, 6.07) is 19.6. The number of hydrogen-bond donors (Lipinski definition) is 0. The zero-order valence-electron chi connectivity index (χ0n) is 21.7. The van der Waals surface area contributed by atoms with Gasteiger partial charge in [0.05, 0.1) is 31.5 Å². The molecule has 2 aromatic carbocycles. The fourth-order valence-corrected chi connectivity index (χ4v) is 3.62. The molecular formula is C28H34BNO6. The first kappa shape index (κ1) is 26.0. The molecular weight excluding hydrogens is 457 g/mol. The summed E-state index contributed by atoms with van der Waals surface area (Å²) in [7, 11) is 1.10. The molecule has 0 atom stereocenters. The molecule has 0 N–H and O–H groups in total. The summed E-state index contributed by atoms with van der Waals surface area (Å²) >= 11 is 0. The molecule has 36 heavy (non-hydrogen) atoms. The Hall–Kier alpha value is -3.07. The Morgan fingerprint density at radius 3 is 2.14 bits per heavy atom. The van der Waals surface area contributed by atoms with Crippen molar-refractivity contribution >= 4 is 12.6 Å². The molecule has 0 saturated carbocycles. The summed E-state index contributed by atoms with van der Waals surface area (Å²) in [4.78, 5) is 4.54. The molecule has 3 aromatic rings. The number of rotatable bonds is 11. The van der Waals surface area contributed by atoms with Crippen molar-refractivity contribution in [3.8, 4) is 17.4 Å². The van der Waals surface area contributed by atoms with E-state index in [0.717, 1.165) is 22.3 Å². The number of aromatic nitrogens is 1. The van der Waals surface area contributed by atoms with Crippen LogP contribution in [0.5, 0.6) is 17.4 Å². The molecule has 1 saturated heterocycles. The molecule has 1 fully saturated rings. The maximum Gasteiger partial charge on any atom is 0.496 e. The first-order valence-electron chi connectivity index (χ1n) is 12.1. The monoisotopic (exact) mass is 491 g/mol. The van der Waals surface area contributed by atoms with Gasteiger partial charge < -0.3 is 28.3 Å². The Morgan fingerprint density at radius 1 is 0.806 bits per heavy atom. The lowest BCUT2D eigenvalue weighted by Gasteiger charge is -2.32. The van der Waals surface area contributed by atoms with Crippen molar-refractivity contribution in [2.45, 2.75) is 52.1 Å². The predicted octanol–water partition coefficient (Wildman–Crippen LogP) is 4.56. The van der Waals surface area contributed by atoms with Crippen LogP contribution in [0.25, 0.3) is 0 Å². The highest BCUT2D eigenvalue weighted by Gasteiger charge is 2.52. The Bertz CT molecular complexity index is 1100. The van der Waals surface area contributed by atoms with Crippen molar-refractivity contribution in [1.29, 1.82) is 0 Å². The number of ether oxygens (including phenoxy) is 4. The summed E-state index contributed by atoms with van der Waals surface area (Å²) in [5.41, 5.74) is 1.97. The molecule has 2 heterocycles. The highest BCUT2D eigenvalue weighted by Crippen LogP contribution is 2.37. The van der Waals surface area contributed by atoms with E-state index >= 15 is 0 Å². The summed E-state index contributed by atoms with van der Waals surface area (Å²) in [6.07, 6.45) is 1.71. The molecule has 0 unspecified atom stereocenters. The summed E-state index contributed by atoms with van der Waals surface area (Å²) < 4.78 is 35.5. The molecule has 7 nitrogen and oxygen atoms in total. The fourth-order valence-electron chi connectivity index (χ4n) is 3.62. The number of benzene rings is 2. The molecule has 1 aromatic heterocycles. The minimum absolute atomic E-state index is 0.341. The highest BCUT2D eigenvalue weighted by atomic mass is 16.7. The van der Waals surface area contributed by atoms with Crippen molar-refractivity contribution in [2.75, 3.05) is 20.3 Å². The van der Waals surface area contributed by atoms with Crippen LogP contribution >= 0.6 is 0 Å². The zero-order valence-corrected chi connectivity index (χ0v) is 21.7. The minimum Gasteiger partial charge on any atom is -0.497 e. The van der Waals surface area contributed by atoms with Gasteiger partial charge in [0.25, 0.3) is 5.88 Å². The largest absolute Gasteiger partial charge is 0.497 e. The van der Waals surface area contributed by atoms with E-state index in [0.29, 0.717) is 38.1 Å². The quantitative estimate of drug-likeness (QED) is 0.288. The average molecular weight is 491 g/mol. The normalized spacial score (nSPS) is 16.1. The van der Waals surface area contributed by atoms with E-state index in [1.54, 1.807) is 13.3 Å². The third kappa shape index (κ3) is 6.38. The Labute approximate surface area is 213 Å². The SMILES string of the molecule is COc1ccc(COc2ncc(B3OC(C)(C)C(C)(C)O3)cc2OCCOCc2ccccc2)cc1. The molecule has 1 aliphatic heterocycles. The molecule has 0 amide bonds. The van der Waals surface area contributed by atoms with Gasteiger partial charge in [0.1, 0.15) is 19.0 Å². The predicted molar refractivity (Wildman–Crippen MR) is 139 cm³/mol. The van der Waals surface area contributed by atoms with Gasteiger partial charge in [0, 0.05) is 11.7 Å². The van der Waals surface area contributed by atoms with Gasteiger partial charge in [0.15, 0.2) is 5.75 Å². The third-order valence-electron chi connectivity index (χ3n) is 6.50. The molecule has 0 radical (unpaired) electrons. The van der Waals surface area contributed by atoms with Crippen LogP contribution in [-0.2, 0) is 27.3 Å². The van der Waals surface area contributed by atoms with Crippen molar-refractivity contribution in [3.63, 3.8) is 0 Å². The second-order valence-corrected chi connectivity index (χ2v) is 9.68. The number of hydrogen-bond acceptors (Lipinski definition) is 7. The lowest BCUT2D eigenvalue weighted by Crippen LogP contribution is -2.41. The van der Waals surface area contributed by atoms with Crippen molar-refractivity contribution in [1.82, 2.24) is 4.98 Å². The second kappa shape index (κ2) is 11.3. The Kier molecular flexibility index (Phi) is 8.19. The van der Waals surface area contributed by atoms with Gasteiger partial charge in [-0.3, -0.25) is 0 Å². The van der Waals surface area contributed by atoms with Gasteiger partial charge in [-0.25, -0.2) is 4.98 Å². The summed E-state index contributed by atoms with van der Waals surface area (Å²) in [5.74, 6) is 1.70. The van der Waals surface area contributed by atoms with Crippen LogP contribution in [0.2, 0.25) is 0 Å². The standard InChI is InChI=1S/C28H34BNO6/c1-27(2)28(3,4)36-29(35-27)23-17-25(33-16-15-32-19-21-9-7-6-8-10-21)26(30-18-23)34-20-22-11-13-24(31-5)14-12-22/h6-14,17-18H,15-16,19-20H2,1-5H3. The molecule has 190 valence electrons. The van der Waals surface area contributed by atoms with Gasteiger partial charge in [-0.1, -0.05) is 42.5 Å². The third-order valence-corrected chi connectivity index (χ3v) is 6.50. The van der Waals surface area contributed by atoms with Crippen LogP contribution in [0, 0.1) is 0 Å². The zero-order chi connectivity index (χ0) is 25.6. The van der Waals surface area contributed by atoms with Crippen LogP contribution in [0.4, 0.5) is 0 Å². The minimum atomic E-state index is -0.546. The van der Waals surface area contributed by atoms with E-state index in [2.05, 4.69) is 4.98 Å². The maximum atomic E-state index is 6.19. The smallest absolute Gasteiger partial charge is 0.496 e. The number of methoxy groups -OCH3 is 1. The van der Waals surface area contributed by atoms with E-state index in [-0.39, 0.29) is 0 Å². The van der Waals surface area contributed by atoms with E-state index in [9.17, 15) is 0 Å². The van der Waals surface area contributed by atoms with E-state index in [1.165, 1.54) is 0 Å². The second-order valence-electron chi connectivity index (χ2n) is 9.68. The lowest BCUT2D eigenvalue weighted by molar-refractivity contribution is 0.00578. The van der Waals surface area contributed by atoms with E-state index < -0.39 is 18.3 Å². The van der Waals surface area contributed by atoms with Crippen LogP contribution in [0.15, 0.2) is 66.9 Å². The summed E-state index contributed by atoms with van der Waals surface area (Å²) in [6.45, 7) is 9.73. The molecule has 0 aliphatic carbocycles. The van der Waals surface area contributed by atoms with Crippen molar-refractivity contribution < 1.29 is 28.3 Å². The van der Waals surface area contributed by atoms with Crippen molar-refractivity contribution in [3.05, 3.63) is 78.0 Å². The molecule has 8 heteroatoms. The van der Waals surface area contributed by atoms with Crippen LogP contribution in [0.1, 0.15) is 38.8 Å². The number of pyridine rings is 1. The van der Waals surface area contributed by atoms with Gasteiger partial charge in [0.2, 0.25) is 0 Å². The highest BCUT2D eigenvalue weighted by molar-refractivity contribution is 6.62.